The summed E-state index contributed by atoms with van der Waals surface area (Å²) in [6.07, 6.45) is 4.25. The number of rotatable bonds is 7. The van der Waals surface area contributed by atoms with E-state index in [2.05, 4.69) is 21.4 Å². The van der Waals surface area contributed by atoms with Gasteiger partial charge in [0.05, 0.1) is 29.4 Å². The largest absolute Gasteiger partial charge is 0.455 e. The first-order chi connectivity index (χ1) is 22.2. The van der Waals surface area contributed by atoms with Crippen molar-refractivity contribution in [2.45, 2.75) is 0 Å². The maximum Gasteiger partial charge on any atom is 0.260 e. The van der Waals surface area contributed by atoms with E-state index in [4.69, 9.17) is 4.42 Å². The van der Waals surface area contributed by atoms with Gasteiger partial charge in [-0.2, -0.15) is 0 Å². The summed E-state index contributed by atoms with van der Waals surface area (Å²) >= 11 is 0. The number of aromatic nitrogens is 2. The fourth-order valence-electron chi connectivity index (χ4n) is 5.55. The number of nitrogens with zero attached hydrogens (tertiary/aromatic N) is 2. The topological polar surface area (TPSA) is 108 Å². The molecule has 1 amide bonds. The van der Waals surface area contributed by atoms with Crippen LogP contribution < -0.4 is 9.62 Å². The monoisotopic (exact) mass is 630 g/mol. The Balaban J connectivity index is 1.46. The molecule has 3 heterocycles. The third-order valence-electron chi connectivity index (χ3n) is 7.91. The first-order valence-corrected chi connectivity index (χ1v) is 16.2. The van der Waals surface area contributed by atoms with E-state index >= 15 is 0 Å². The maximum atomic E-state index is 13.9. The van der Waals surface area contributed by atoms with Gasteiger partial charge < -0.3 is 14.7 Å². The number of para-hydroxylation sites is 1. The van der Waals surface area contributed by atoms with Crippen LogP contribution in [0.5, 0.6) is 0 Å². The van der Waals surface area contributed by atoms with Crippen LogP contribution in [0.4, 0.5) is 15.8 Å². The number of hydrogen-bond acceptors (Lipinski definition) is 5. The lowest BCUT2D eigenvalue weighted by Gasteiger charge is -2.21. The van der Waals surface area contributed by atoms with Gasteiger partial charge in [0.2, 0.25) is 10.0 Å². The number of anilines is 2. The molecule has 0 saturated carbocycles. The number of carbonyl (C=O) groups excluding carboxylic acids is 1. The number of fused-ring (bicyclic) bond motifs is 2. The summed E-state index contributed by atoms with van der Waals surface area (Å²) in [6, 6.07) is 30.2. The minimum Gasteiger partial charge on any atom is -0.455 e. The Hall–Kier alpha value is -5.74. The van der Waals surface area contributed by atoms with Crippen molar-refractivity contribution >= 4 is 49.2 Å². The Morgan fingerprint density at radius 1 is 0.891 bits per heavy atom. The number of sulfonamides is 1. The van der Waals surface area contributed by atoms with Crippen LogP contribution in [-0.2, 0) is 10.0 Å². The van der Waals surface area contributed by atoms with Crippen molar-refractivity contribution in [2.75, 3.05) is 22.9 Å². The van der Waals surface area contributed by atoms with Gasteiger partial charge in [0.1, 0.15) is 17.2 Å². The second-order valence-corrected chi connectivity index (χ2v) is 13.0. The molecule has 0 aliphatic rings. The predicted octanol–water partition coefficient (Wildman–Crippen LogP) is 8.10. The molecule has 7 rings (SSSR count). The molecule has 8 nitrogen and oxygen atoms in total. The van der Waals surface area contributed by atoms with E-state index < -0.39 is 21.7 Å². The summed E-state index contributed by atoms with van der Waals surface area (Å²) in [6.45, 7) is 0. The second-order valence-electron chi connectivity index (χ2n) is 11.0. The molecule has 0 atom stereocenters. The van der Waals surface area contributed by atoms with Gasteiger partial charge in [-0.25, -0.2) is 12.8 Å². The van der Waals surface area contributed by atoms with Gasteiger partial charge in [0.25, 0.3) is 5.91 Å². The normalized spacial score (nSPS) is 11.6. The molecule has 0 aliphatic carbocycles. The molecule has 4 aromatic carbocycles. The average molecular weight is 631 g/mol. The first kappa shape index (κ1) is 29.0. The zero-order chi connectivity index (χ0) is 32.0. The fourth-order valence-corrected chi connectivity index (χ4v) is 6.05. The molecule has 2 N–H and O–H groups in total. The lowest BCUT2D eigenvalue weighted by atomic mass is 9.96. The Morgan fingerprint density at radius 2 is 1.67 bits per heavy atom. The molecule has 0 saturated heterocycles. The molecule has 0 spiro atoms. The van der Waals surface area contributed by atoms with Crippen LogP contribution in [0.1, 0.15) is 10.4 Å². The minimum absolute atomic E-state index is 0.215. The molecule has 0 bridgehead atoms. The molecule has 0 fully saturated rings. The van der Waals surface area contributed by atoms with Crippen LogP contribution in [0.2, 0.25) is 0 Å². The summed E-state index contributed by atoms with van der Waals surface area (Å²) in [5.41, 5.74) is 5.92. The number of benzene rings is 4. The Bertz CT molecular complexity index is 2330. The van der Waals surface area contributed by atoms with Gasteiger partial charge in [-0.05, 0) is 71.8 Å². The van der Waals surface area contributed by atoms with Crippen molar-refractivity contribution in [3.8, 4) is 33.7 Å². The smallest absolute Gasteiger partial charge is 0.260 e. The van der Waals surface area contributed by atoms with Crippen molar-refractivity contribution in [3.05, 3.63) is 127 Å². The second kappa shape index (κ2) is 11.3. The summed E-state index contributed by atoms with van der Waals surface area (Å²) in [5.74, 6) is -0.684. The van der Waals surface area contributed by atoms with E-state index in [1.165, 1.54) is 41.8 Å². The van der Waals surface area contributed by atoms with E-state index in [1.807, 2.05) is 48.5 Å². The number of carbonyl (C=O) groups is 1. The SMILES string of the molecule is CN(c1cc2oc(-c3ccc(F)cc3)c(C(=O)Nc3cccnc3)c2cc1-c1cccc(-c2cc3ccccc3[nH]2)c1)S(C)(=O)=O. The Labute approximate surface area is 264 Å². The van der Waals surface area contributed by atoms with Gasteiger partial charge in [-0.3, -0.25) is 14.1 Å². The summed E-state index contributed by atoms with van der Waals surface area (Å²) in [7, 11) is -2.22. The van der Waals surface area contributed by atoms with Crippen LogP contribution in [0.15, 0.2) is 120 Å². The van der Waals surface area contributed by atoms with Crippen molar-refractivity contribution in [1.82, 2.24) is 9.97 Å². The number of furan rings is 1. The minimum atomic E-state index is -3.69. The lowest BCUT2D eigenvalue weighted by Crippen LogP contribution is -2.25. The summed E-state index contributed by atoms with van der Waals surface area (Å²) < 4.78 is 47.1. The highest BCUT2D eigenvalue weighted by atomic mass is 32.2. The highest BCUT2D eigenvalue weighted by Crippen LogP contribution is 2.42. The quantitative estimate of drug-likeness (QED) is 0.185. The number of pyridine rings is 1. The van der Waals surface area contributed by atoms with E-state index in [0.29, 0.717) is 27.9 Å². The molecule has 3 aromatic heterocycles. The van der Waals surface area contributed by atoms with Gasteiger partial charge in [0.15, 0.2) is 0 Å². The standard InChI is InChI=1S/C36H27FN4O4S/c1-41(46(2,43)44)32-20-33-29(19-28(32)23-8-5-9-24(17-23)31-18-25-7-3-4-11-30(25)40-31)34(36(42)39-27-10-6-16-38-21-27)35(45-33)22-12-14-26(37)15-13-22/h3-21,40H,1-2H3,(H,39,42). The van der Waals surface area contributed by atoms with E-state index in [0.717, 1.165) is 34.0 Å². The number of nitrogens with one attached hydrogen (secondary N) is 2. The molecule has 7 aromatic rings. The number of aromatic amines is 1. The van der Waals surface area contributed by atoms with Crippen molar-refractivity contribution in [3.63, 3.8) is 0 Å². The predicted molar refractivity (Wildman–Crippen MR) is 180 cm³/mol. The Kier molecular flexibility index (Phi) is 7.13. The zero-order valence-corrected chi connectivity index (χ0v) is 25.6. The van der Waals surface area contributed by atoms with Crippen molar-refractivity contribution in [1.29, 1.82) is 0 Å². The van der Waals surface area contributed by atoms with Gasteiger partial charge >= 0.3 is 0 Å². The van der Waals surface area contributed by atoms with Gasteiger partial charge in [0, 0.05) is 52.4 Å². The molecule has 0 radical (unpaired) electrons. The zero-order valence-electron chi connectivity index (χ0n) is 24.8. The number of amides is 1. The number of hydrogen-bond donors (Lipinski definition) is 2. The first-order valence-electron chi connectivity index (χ1n) is 14.4. The molecule has 10 heteroatoms. The molecule has 228 valence electrons. The van der Waals surface area contributed by atoms with E-state index in [1.54, 1.807) is 30.5 Å². The number of halogens is 1. The Morgan fingerprint density at radius 3 is 2.41 bits per heavy atom. The van der Waals surface area contributed by atoms with E-state index in [9.17, 15) is 17.6 Å². The van der Waals surface area contributed by atoms with Crippen molar-refractivity contribution < 1.29 is 22.0 Å². The summed E-state index contributed by atoms with van der Waals surface area (Å²) in [4.78, 5) is 21.4. The van der Waals surface area contributed by atoms with Crippen LogP contribution in [0.25, 0.3) is 55.6 Å². The van der Waals surface area contributed by atoms with Crippen molar-refractivity contribution in [2.24, 2.45) is 0 Å². The van der Waals surface area contributed by atoms with Gasteiger partial charge in [-0.15, -0.1) is 0 Å². The highest BCUT2D eigenvalue weighted by molar-refractivity contribution is 7.92. The lowest BCUT2D eigenvalue weighted by molar-refractivity contribution is 0.102. The molecular formula is C36H27FN4O4S. The molecular weight excluding hydrogens is 603 g/mol. The fraction of sp³-hybridized carbons (Fsp3) is 0.0556. The van der Waals surface area contributed by atoms with Crippen LogP contribution in [0.3, 0.4) is 0 Å². The van der Waals surface area contributed by atoms with E-state index in [-0.39, 0.29) is 16.9 Å². The average Bonchev–Trinajstić information content (AvgIpc) is 3.66. The number of H-pyrrole nitrogens is 1. The maximum absolute atomic E-state index is 13.9. The molecule has 0 aliphatic heterocycles. The van der Waals surface area contributed by atoms with Gasteiger partial charge in [-0.1, -0.05) is 36.4 Å². The summed E-state index contributed by atoms with van der Waals surface area (Å²) in [5, 5.41) is 4.40. The highest BCUT2D eigenvalue weighted by Gasteiger charge is 2.26. The van der Waals surface area contributed by atoms with Crippen LogP contribution >= 0.6 is 0 Å². The third kappa shape index (κ3) is 5.39. The third-order valence-corrected chi connectivity index (χ3v) is 9.10. The van der Waals surface area contributed by atoms with Crippen LogP contribution in [0, 0.1) is 5.82 Å². The van der Waals surface area contributed by atoms with Crippen LogP contribution in [-0.4, -0.2) is 37.6 Å². The molecule has 46 heavy (non-hydrogen) atoms. The molecule has 0 unspecified atom stereocenters.